The first-order valence-electron chi connectivity index (χ1n) is 3.90. The largest absolute Gasteiger partial charge is 0.455 e. The van der Waals surface area contributed by atoms with Crippen LogP contribution in [0.4, 0.5) is 8.78 Å². The SMILES string of the molecule is CCCC(C)(C)OC(=O)C(F)F. The smallest absolute Gasteiger partial charge is 0.374 e. The molecular formula is C8H14F2O2. The van der Waals surface area contributed by atoms with Crippen LogP contribution >= 0.6 is 0 Å². The molecule has 0 saturated carbocycles. The summed E-state index contributed by atoms with van der Waals surface area (Å²) in [4.78, 5) is 10.5. The average Bonchev–Trinajstić information content (AvgIpc) is 1.85. The van der Waals surface area contributed by atoms with Gasteiger partial charge in [-0.3, -0.25) is 0 Å². The molecule has 0 aliphatic heterocycles. The van der Waals surface area contributed by atoms with Crippen LogP contribution in [0.15, 0.2) is 0 Å². The van der Waals surface area contributed by atoms with Gasteiger partial charge in [-0.1, -0.05) is 13.3 Å². The Morgan fingerprint density at radius 1 is 1.50 bits per heavy atom. The number of hydrogen-bond acceptors (Lipinski definition) is 2. The zero-order valence-corrected chi connectivity index (χ0v) is 7.56. The molecule has 2 nitrogen and oxygen atoms in total. The van der Waals surface area contributed by atoms with Gasteiger partial charge in [-0.05, 0) is 20.3 Å². The van der Waals surface area contributed by atoms with Crippen molar-refractivity contribution in [2.24, 2.45) is 0 Å². The number of alkyl halides is 2. The molecule has 0 spiro atoms. The van der Waals surface area contributed by atoms with E-state index in [4.69, 9.17) is 0 Å². The van der Waals surface area contributed by atoms with Gasteiger partial charge in [-0.15, -0.1) is 0 Å². The van der Waals surface area contributed by atoms with Gasteiger partial charge < -0.3 is 4.74 Å². The summed E-state index contributed by atoms with van der Waals surface area (Å²) in [7, 11) is 0. The van der Waals surface area contributed by atoms with Crippen molar-refractivity contribution >= 4 is 5.97 Å². The summed E-state index contributed by atoms with van der Waals surface area (Å²) in [6, 6.07) is 0. The van der Waals surface area contributed by atoms with Gasteiger partial charge in [0, 0.05) is 0 Å². The lowest BCUT2D eigenvalue weighted by molar-refractivity contribution is -0.170. The van der Waals surface area contributed by atoms with Crippen LogP contribution in [0.5, 0.6) is 0 Å². The topological polar surface area (TPSA) is 26.3 Å². The first-order valence-corrected chi connectivity index (χ1v) is 3.90. The van der Waals surface area contributed by atoms with E-state index < -0.39 is 18.0 Å². The highest BCUT2D eigenvalue weighted by Crippen LogP contribution is 2.17. The summed E-state index contributed by atoms with van der Waals surface area (Å²) >= 11 is 0. The third-order valence-electron chi connectivity index (χ3n) is 1.41. The standard InChI is InChI=1S/C8H14F2O2/c1-4-5-8(2,3)12-7(11)6(9)10/h6H,4-5H2,1-3H3. The Labute approximate surface area is 70.9 Å². The monoisotopic (exact) mass is 180 g/mol. The van der Waals surface area contributed by atoms with E-state index in [1.807, 2.05) is 6.92 Å². The molecule has 0 aromatic carbocycles. The number of ether oxygens (including phenoxy) is 1. The minimum Gasteiger partial charge on any atom is -0.455 e. The highest BCUT2D eigenvalue weighted by molar-refractivity contribution is 5.73. The minimum absolute atomic E-state index is 0.589. The van der Waals surface area contributed by atoms with Crippen molar-refractivity contribution in [3.05, 3.63) is 0 Å². The number of carbonyl (C=O) groups excluding carboxylic acids is 1. The molecule has 0 atom stereocenters. The highest BCUT2D eigenvalue weighted by Gasteiger charge is 2.26. The van der Waals surface area contributed by atoms with Crippen molar-refractivity contribution in [2.45, 2.75) is 45.6 Å². The van der Waals surface area contributed by atoms with E-state index in [0.29, 0.717) is 6.42 Å². The minimum atomic E-state index is -3.03. The second-order valence-electron chi connectivity index (χ2n) is 3.23. The van der Waals surface area contributed by atoms with E-state index in [0.717, 1.165) is 6.42 Å². The number of esters is 1. The third-order valence-corrected chi connectivity index (χ3v) is 1.41. The third kappa shape index (κ3) is 4.26. The lowest BCUT2D eigenvalue weighted by atomic mass is 10.0. The van der Waals surface area contributed by atoms with Crippen LogP contribution in [0.3, 0.4) is 0 Å². The van der Waals surface area contributed by atoms with Crippen molar-refractivity contribution in [1.82, 2.24) is 0 Å². The number of hydrogen-bond donors (Lipinski definition) is 0. The molecule has 12 heavy (non-hydrogen) atoms. The second-order valence-corrected chi connectivity index (χ2v) is 3.23. The van der Waals surface area contributed by atoms with Crippen LogP contribution in [0.2, 0.25) is 0 Å². The normalized spacial score (nSPS) is 11.8. The van der Waals surface area contributed by atoms with Crippen LogP contribution in [0.1, 0.15) is 33.6 Å². The molecule has 0 aliphatic rings. The van der Waals surface area contributed by atoms with Gasteiger partial charge in [0.25, 0.3) is 0 Å². The molecule has 4 heteroatoms. The summed E-state index contributed by atoms with van der Waals surface area (Å²) in [5.41, 5.74) is -0.776. The maximum atomic E-state index is 11.7. The van der Waals surface area contributed by atoms with Crippen molar-refractivity contribution in [2.75, 3.05) is 0 Å². The van der Waals surface area contributed by atoms with Gasteiger partial charge in [0.15, 0.2) is 0 Å². The molecule has 0 fully saturated rings. The summed E-state index contributed by atoms with van der Waals surface area (Å²) in [5, 5.41) is 0. The Morgan fingerprint density at radius 3 is 2.33 bits per heavy atom. The van der Waals surface area contributed by atoms with Gasteiger partial charge in [-0.2, -0.15) is 8.78 Å². The Bertz CT molecular complexity index is 155. The molecule has 0 radical (unpaired) electrons. The van der Waals surface area contributed by atoms with Crippen LogP contribution in [-0.4, -0.2) is 18.0 Å². The van der Waals surface area contributed by atoms with Gasteiger partial charge in [0.1, 0.15) is 5.60 Å². The van der Waals surface area contributed by atoms with Gasteiger partial charge >= 0.3 is 12.4 Å². The highest BCUT2D eigenvalue weighted by atomic mass is 19.3. The van der Waals surface area contributed by atoms with Gasteiger partial charge in [0.2, 0.25) is 0 Å². The maximum Gasteiger partial charge on any atom is 0.374 e. The lowest BCUT2D eigenvalue weighted by Gasteiger charge is -2.24. The molecule has 0 saturated heterocycles. The van der Waals surface area contributed by atoms with E-state index in [-0.39, 0.29) is 0 Å². The van der Waals surface area contributed by atoms with Crippen LogP contribution < -0.4 is 0 Å². The number of rotatable bonds is 4. The summed E-state index contributed by atoms with van der Waals surface area (Å²) in [6.07, 6.45) is -1.64. The lowest BCUT2D eigenvalue weighted by Crippen LogP contribution is -2.30. The van der Waals surface area contributed by atoms with Gasteiger partial charge in [0.05, 0.1) is 0 Å². The quantitative estimate of drug-likeness (QED) is 0.621. The fourth-order valence-electron chi connectivity index (χ4n) is 0.970. The Hall–Kier alpha value is -0.670. The second kappa shape index (κ2) is 4.38. The van der Waals surface area contributed by atoms with E-state index in [1.54, 1.807) is 13.8 Å². The molecule has 0 unspecified atom stereocenters. The van der Waals surface area contributed by atoms with Crippen molar-refractivity contribution in [3.8, 4) is 0 Å². The molecule has 0 bridgehead atoms. The molecule has 0 N–H and O–H groups in total. The molecular weight excluding hydrogens is 166 g/mol. The van der Waals surface area contributed by atoms with E-state index in [1.165, 1.54) is 0 Å². The van der Waals surface area contributed by atoms with Gasteiger partial charge in [-0.25, -0.2) is 4.79 Å². The molecule has 72 valence electrons. The van der Waals surface area contributed by atoms with Crippen molar-refractivity contribution < 1.29 is 18.3 Å². The van der Waals surface area contributed by atoms with E-state index in [2.05, 4.69) is 4.74 Å². The molecule has 0 aliphatic carbocycles. The summed E-state index contributed by atoms with van der Waals surface area (Å²) in [5.74, 6) is -1.44. The van der Waals surface area contributed by atoms with Crippen LogP contribution in [-0.2, 0) is 9.53 Å². The fraction of sp³-hybridized carbons (Fsp3) is 0.875. The van der Waals surface area contributed by atoms with E-state index >= 15 is 0 Å². The maximum absolute atomic E-state index is 11.7. The van der Waals surface area contributed by atoms with Crippen molar-refractivity contribution in [1.29, 1.82) is 0 Å². The Balaban J connectivity index is 3.96. The average molecular weight is 180 g/mol. The molecule has 0 amide bonds. The summed E-state index contributed by atoms with van der Waals surface area (Å²) < 4.78 is 28.0. The van der Waals surface area contributed by atoms with E-state index in [9.17, 15) is 13.6 Å². The van der Waals surface area contributed by atoms with Crippen LogP contribution in [0, 0.1) is 0 Å². The van der Waals surface area contributed by atoms with Crippen molar-refractivity contribution in [3.63, 3.8) is 0 Å². The predicted molar refractivity (Wildman–Crippen MR) is 41.1 cm³/mol. The first-order chi connectivity index (χ1) is 5.39. The number of halogens is 2. The zero-order valence-electron chi connectivity index (χ0n) is 7.56. The molecule has 0 aromatic rings. The molecule has 0 aromatic heterocycles. The first kappa shape index (κ1) is 11.3. The molecule has 0 rings (SSSR count). The fourth-order valence-corrected chi connectivity index (χ4v) is 0.970. The predicted octanol–water partition coefficient (Wildman–Crippen LogP) is 2.37. The summed E-state index contributed by atoms with van der Waals surface area (Å²) in [6.45, 7) is 5.14. The molecule has 0 heterocycles. The Kier molecular flexibility index (Phi) is 4.13. The number of carbonyl (C=O) groups is 1. The Morgan fingerprint density at radius 2 is 2.00 bits per heavy atom. The zero-order chi connectivity index (χ0) is 9.78. The van der Waals surface area contributed by atoms with Crippen LogP contribution in [0.25, 0.3) is 0 Å².